The first-order valence-corrected chi connectivity index (χ1v) is 6.32. The van der Waals surface area contributed by atoms with Gasteiger partial charge in [0.15, 0.2) is 0 Å². The molecule has 18 heavy (non-hydrogen) atoms. The molecule has 1 aromatic rings. The Morgan fingerprint density at radius 1 is 1.39 bits per heavy atom. The fourth-order valence-corrected chi connectivity index (χ4v) is 2.97. The number of benzene rings is 1. The minimum Gasteiger partial charge on any atom is -0.349 e. The third-order valence-electron chi connectivity index (χ3n) is 3.82. The molecule has 3 rings (SSSR count). The molecule has 1 saturated carbocycles. The van der Waals surface area contributed by atoms with Crippen molar-refractivity contribution in [2.75, 3.05) is 13.1 Å². The van der Waals surface area contributed by atoms with E-state index in [1.807, 2.05) is 13.0 Å². The normalized spacial score (nSPS) is 28.2. The lowest BCUT2D eigenvalue weighted by molar-refractivity contribution is 0.0946. The molecule has 5 heteroatoms. The standard InChI is InChI=1S/C13H15ClN2O.ClH/c1-7-4-8(14)2-3-9(7)13(17)16-12-10-5-15-6-11(10)12;/h2-4,10-12,15H,5-6H2,1H3,(H,16,17);1H. The number of rotatable bonds is 2. The van der Waals surface area contributed by atoms with E-state index in [0.717, 1.165) is 24.2 Å². The number of piperidine rings is 1. The number of hydrogen-bond donors (Lipinski definition) is 2. The van der Waals surface area contributed by atoms with Gasteiger partial charge in [0.1, 0.15) is 0 Å². The van der Waals surface area contributed by atoms with E-state index in [-0.39, 0.29) is 18.3 Å². The predicted octanol–water partition coefficient (Wildman–Crippen LogP) is 2.02. The Labute approximate surface area is 118 Å². The highest BCUT2D eigenvalue weighted by Gasteiger charge is 2.53. The monoisotopic (exact) mass is 286 g/mol. The van der Waals surface area contributed by atoms with Gasteiger partial charge in [-0.15, -0.1) is 12.4 Å². The molecule has 98 valence electrons. The van der Waals surface area contributed by atoms with E-state index >= 15 is 0 Å². The summed E-state index contributed by atoms with van der Waals surface area (Å²) in [5.41, 5.74) is 1.66. The SMILES string of the molecule is Cc1cc(Cl)ccc1C(=O)NC1C2CNCC21.Cl. The fourth-order valence-electron chi connectivity index (χ4n) is 2.74. The summed E-state index contributed by atoms with van der Waals surface area (Å²) < 4.78 is 0. The summed E-state index contributed by atoms with van der Waals surface area (Å²) in [4.78, 5) is 12.1. The van der Waals surface area contributed by atoms with Gasteiger partial charge in [0.25, 0.3) is 5.91 Å². The van der Waals surface area contributed by atoms with Crippen LogP contribution in [0.3, 0.4) is 0 Å². The van der Waals surface area contributed by atoms with Gasteiger partial charge < -0.3 is 10.6 Å². The second-order valence-corrected chi connectivity index (χ2v) is 5.38. The highest BCUT2D eigenvalue weighted by Crippen LogP contribution is 2.41. The summed E-state index contributed by atoms with van der Waals surface area (Å²) in [5, 5.41) is 7.10. The van der Waals surface area contributed by atoms with Crippen LogP contribution in [0.5, 0.6) is 0 Å². The second-order valence-electron chi connectivity index (χ2n) is 4.94. The largest absolute Gasteiger partial charge is 0.349 e. The average molecular weight is 287 g/mol. The molecule has 3 nitrogen and oxygen atoms in total. The third kappa shape index (κ3) is 2.35. The Kier molecular flexibility index (Phi) is 3.85. The van der Waals surface area contributed by atoms with E-state index in [1.165, 1.54) is 0 Å². The Bertz CT molecular complexity index is 468. The summed E-state index contributed by atoms with van der Waals surface area (Å²) in [5.74, 6) is 1.32. The van der Waals surface area contributed by atoms with Gasteiger partial charge in [0.05, 0.1) is 0 Å². The van der Waals surface area contributed by atoms with Crippen LogP contribution in [0.1, 0.15) is 15.9 Å². The summed E-state index contributed by atoms with van der Waals surface area (Å²) in [6, 6.07) is 5.76. The molecule has 1 heterocycles. The van der Waals surface area contributed by atoms with Gasteiger partial charge in [-0.1, -0.05) is 11.6 Å². The number of aryl methyl sites for hydroxylation is 1. The lowest BCUT2D eigenvalue weighted by Crippen LogP contribution is -2.32. The Hall–Kier alpha value is -0.770. The lowest BCUT2D eigenvalue weighted by atomic mass is 10.1. The molecule has 1 amide bonds. The fraction of sp³-hybridized carbons (Fsp3) is 0.462. The van der Waals surface area contributed by atoms with Crippen molar-refractivity contribution in [2.24, 2.45) is 11.8 Å². The first-order valence-electron chi connectivity index (χ1n) is 5.94. The zero-order chi connectivity index (χ0) is 12.0. The van der Waals surface area contributed by atoms with Crippen LogP contribution in [-0.4, -0.2) is 25.0 Å². The molecular weight excluding hydrogens is 271 g/mol. The van der Waals surface area contributed by atoms with Crippen LogP contribution in [-0.2, 0) is 0 Å². The van der Waals surface area contributed by atoms with E-state index in [2.05, 4.69) is 10.6 Å². The molecule has 2 unspecified atom stereocenters. The van der Waals surface area contributed by atoms with Crippen molar-refractivity contribution in [1.29, 1.82) is 0 Å². The molecule has 2 aliphatic rings. The third-order valence-corrected chi connectivity index (χ3v) is 4.06. The van der Waals surface area contributed by atoms with Gasteiger partial charge in [0, 0.05) is 29.7 Å². The van der Waals surface area contributed by atoms with Crippen molar-refractivity contribution >= 4 is 29.9 Å². The lowest BCUT2D eigenvalue weighted by Gasteiger charge is -2.09. The molecule has 2 atom stereocenters. The number of amides is 1. The van der Waals surface area contributed by atoms with Crippen molar-refractivity contribution in [3.63, 3.8) is 0 Å². The highest BCUT2D eigenvalue weighted by atomic mass is 35.5. The number of hydrogen-bond acceptors (Lipinski definition) is 2. The molecule has 2 fully saturated rings. The highest BCUT2D eigenvalue weighted by molar-refractivity contribution is 6.30. The van der Waals surface area contributed by atoms with E-state index in [9.17, 15) is 4.79 Å². The van der Waals surface area contributed by atoms with Crippen LogP contribution in [0.2, 0.25) is 5.02 Å². The zero-order valence-corrected chi connectivity index (χ0v) is 11.6. The zero-order valence-electron chi connectivity index (χ0n) is 10.1. The minimum atomic E-state index is 0. The van der Waals surface area contributed by atoms with Gasteiger partial charge in [-0.25, -0.2) is 0 Å². The Morgan fingerprint density at radius 3 is 2.67 bits per heavy atom. The first-order chi connectivity index (χ1) is 8.16. The van der Waals surface area contributed by atoms with Crippen molar-refractivity contribution in [1.82, 2.24) is 10.6 Å². The molecule has 0 radical (unpaired) electrons. The van der Waals surface area contributed by atoms with Crippen molar-refractivity contribution in [3.8, 4) is 0 Å². The molecule has 2 N–H and O–H groups in total. The van der Waals surface area contributed by atoms with Crippen molar-refractivity contribution < 1.29 is 4.79 Å². The van der Waals surface area contributed by atoms with Gasteiger partial charge in [-0.05, 0) is 42.5 Å². The van der Waals surface area contributed by atoms with Gasteiger partial charge in [0.2, 0.25) is 0 Å². The average Bonchev–Trinajstić information content (AvgIpc) is 2.74. The van der Waals surface area contributed by atoms with Crippen molar-refractivity contribution in [2.45, 2.75) is 13.0 Å². The number of halogens is 2. The summed E-state index contributed by atoms with van der Waals surface area (Å²) >= 11 is 5.88. The molecule has 0 bridgehead atoms. The summed E-state index contributed by atoms with van der Waals surface area (Å²) in [6.07, 6.45) is 0. The maximum absolute atomic E-state index is 12.1. The molecule has 0 spiro atoms. The van der Waals surface area contributed by atoms with Crippen LogP contribution in [0.25, 0.3) is 0 Å². The van der Waals surface area contributed by atoms with Crippen LogP contribution >= 0.6 is 24.0 Å². The van der Waals surface area contributed by atoms with Crippen LogP contribution in [0.4, 0.5) is 0 Å². The van der Waals surface area contributed by atoms with Gasteiger partial charge >= 0.3 is 0 Å². The number of carbonyl (C=O) groups excluding carboxylic acids is 1. The molecular formula is C13H16Cl2N2O. The van der Waals surface area contributed by atoms with E-state index in [0.29, 0.717) is 22.9 Å². The van der Waals surface area contributed by atoms with Gasteiger partial charge in [-0.2, -0.15) is 0 Å². The second kappa shape index (κ2) is 5.08. The minimum absolute atomic E-state index is 0. The molecule has 1 aliphatic heterocycles. The summed E-state index contributed by atoms with van der Waals surface area (Å²) in [7, 11) is 0. The van der Waals surface area contributed by atoms with Crippen molar-refractivity contribution in [3.05, 3.63) is 34.3 Å². The van der Waals surface area contributed by atoms with Crippen LogP contribution in [0, 0.1) is 18.8 Å². The maximum atomic E-state index is 12.1. The smallest absolute Gasteiger partial charge is 0.251 e. The first kappa shape index (κ1) is 13.7. The van der Waals surface area contributed by atoms with E-state index in [4.69, 9.17) is 11.6 Å². The number of nitrogens with one attached hydrogen (secondary N) is 2. The van der Waals surface area contributed by atoms with E-state index < -0.39 is 0 Å². The summed E-state index contributed by atoms with van der Waals surface area (Å²) in [6.45, 7) is 3.99. The van der Waals surface area contributed by atoms with Crippen LogP contribution < -0.4 is 10.6 Å². The van der Waals surface area contributed by atoms with Crippen LogP contribution in [0.15, 0.2) is 18.2 Å². The van der Waals surface area contributed by atoms with Gasteiger partial charge in [-0.3, -0.25) is 4.79 Å². The molecule has 1 aliphatic carbocycles. The van der Waals surface area contributed by atoms with E-state index in [1.54, 1.807) is 12.1 Å². The topological polar surface area (TPSA) is 41.1 Å². The molecule has 1 aromatic carbocycles. The number of fused-ring (bicyclic) bond motifs is 1. The number of carbonyl (C=O) groups is 1. The quantitative estimate of drug-likeness (QED) is 0.873. The predicted molar refractivity (Wildman–Crippen MR) is 74.5 cm³/mol. The Balaban J connectivity index is 0.00000120. The molecule has 1 saturated heterocycles. The Morgan fingerprint density at radius 2 is 2.06 bits per heavy atom. The molecule has 0 aromatic heterocycles. The maximum Gasteiger partial charge on any atom is 0.251 e.